The number of halogens is 1. The molecule has 0 aliphatic heterocycles. The Labute approximate surface area is 249 Å². The van der Waals surface area contributed by atoms with Crippen LogP contribution >= 0.6 is 11.6 Å². The van der Waals surface area contributed by atoms with Gasteiger partial charge in [-0.1, -0.05) is 35.9 Å². The van der Waals surface area contributed by atoms with Crippen LogP contribution in [-0.2, 0) is 19.8 Å². The number of fused-ring (bicyclic) bond motifs is 1. The predicted molar refractivity (Wildman–Crippen MR) is 161 cm³/mol. The summed E-state index contributed by atoms with van der Waals surface area (Å²) in [6.07, 6.45) is 4.62. The predicted octanol–water partition coefficient (Wildman–Crippen LogP) is 6.74. The number of benzene rings is 3. The zero-order valence-corrected chi connectivity index (χ0v) is 24.4. The first-order valence-corrected chi connectivity index (χ1v) is 13.8. The number of aliphatic hydroxyl groups is 1. The molecule has 0 unspecified atom stereocenters. The Kier molecular flexibility index (Phi) is 8.74. The van der Waals surface area contributed by atoms with Crippen LogP contribution in [-0.4, -0.2) is 27.2 Å². The van der Waals surface area contributed by atoms with Crippen LogP contribution in [0.25, 0.3) is 22.2 Å². The molecule has 5 aromatic rings. The number of nitrogens with one attached hydrogen (secondary N) is 1. The standard InChI is InChI=1S/C33H31ClN4O4/c1-21-25(5-4-6-27(21)24-7-8-30-29(11-24)37-20-42-30)18-41-32-12-31(40-17-23-9-22(13-35)14-36-15-23)26(10-28(32)34)16-38-33(2,3)19-39/h4-12,14-15,20,38-39H,16-19H2,1-3H3. The molecule has 0 spiro atoms. The van der Waals surface area contributed by atoms with Gasteiger partial charge in [0.05, 0.1) is 17.2 Å². The summed E-state index contributed by atoms with van der Waals surface area (Å²) in [5.41, 5.74) is 7.31. The molecule has 0 bridgehead atoms. The minimum Gasteiger partial charge on any atom is -0.488 e. The van der Waals surface area contributed by atoms with E-state index in [1.807, 2.05) is 50.2 Å². The summed E-state index contributed by atoms with van der Waals surface area (Å²) in [5.74, 6) is 1.05. The van der Waals surface area contributed by atoms with Crippen molar-refractivity contribution in [2.45, 2.75) is 46.1 Å². The highest BCUT2D eigenvalue weighted by Gasteiger charge is 2.19. The molecule has 0 fully saturated rings. The molecule has 0 aliphatic rings. The van der Waals surface area contributed by atoms with Crippen LogP contribution in [0, 0.1) is 18.3 Å². The first-order chi connectivity index (χ1) is 20.3. The van der Waals surface area contributed by atoms with E-state index in [0.29, 0.717) is 35.2 Å². The smallest absolute Gasteiger partial charge is 0.181 e. The van der Waals surface area contributed by atoms with E-state index in [1.165, 1.54) is 12.6 Å². The second-order valence-corrected chi connectivity index (χ2v) is 11.1. The van der Waals surface area contributed by atoms with Gasteiger partial charge in [0.15, 0.2) is 12.0 Å². The summed E-state index contributed by atoms with van der Waals surface area (Å²) in [6.45, 7) is 6.77. The van der Waals surface area contributed by atoms with E-state index in [0.717, 1.165) is 44.5 Å². The van der Waals surface area contributed by atoms with Gasteiger partial charge in [0, 0.05) is 41.7 Å². The second kappa shape index (κ2) is 12.6. The van der Waals surface area contributed by atoms with Crippen molar-refractivity contribution in [2.75, 3.05) is 6.61 Å². The lowest BCUT2D eigenvalue weighted by molar-refractivity contribution is 0.186. The Balaban J connectivity index is 1.39. The third kappa shape index (κ3) is 6.72. The third-order valence-electron chi connectivity index (χ3n) is 7.06. The Bertz CT molecular complexity index is 1760. The Morgan fingerprint density at radius 3 is 2.67 bits per heavy atom. The minimum absolute atomic E-state index is 0.0321. The van der Waals surface area contributed by atoms with Crippen LogP contribution in [0.4, 0.5) is 0 Å². The lowest BCUT2D eigenvalue weighted by Gasteiger charge is -2.25. The zero-order chi connectivity index (χ0) is 29.7. The highest BCUT2D eigenvalue weighted by atomic mass is 35.5. The highest BCUT2D eigenvalue weighted by molar-refractivity contribution is 6.32. The molecule has 5 rings (SSSR count). The van der Waals surface area contributed by atoms with Crippen LogP contribution in [0.3, 0.4) is 0 Å². The van der Waals surface area contributed by atoms with E-state index in [4.69, 9.17) is 25.5 Å². The maximum Gasteiger partial charge on any atom is 0.181 e. The van der Waals surface area contributed by atoms with Crippen molar-refractivity contribution in [1.82, 2.24) is 15.3 Å². The number of hydrogen-bond donors (Lipinski definition) is 2. The number of ether oxygens (including phenoxy) is 2. The molecule has 0 aliphatic carbocycles. The topological polar surface area (TPSA) is 113 Å². The van der Waals surface area contributed by atoms with E-state index in [9.17, 15) is 10.4 Å². The lowest BCUT2D eigenvalue weighted by Crippen LogP contribution is -2.42. The monoisotopic (exact) mass is 582 g/mol. The highest BCUT2D eigenvalue weighted by Crippen LogP contribution is 2.35. The first kappa shape index (κ1) is 29.1. The van der Waals surface area contributed by atoms with Gasteiger partial charge in [-0.05, 0) is 67.3 Å². The first-order valence-electron chi connectivity index (χ1n) is 13.5. The van der Waals surface area contributed by atoms with Crippen molar-refractivity contribution in [3.8, 4) is 28.7 Å². The van der Waals surface area contributed by atoms with Crippen molar-refractivity contribution in [3.05, 3.63) is 106 Å². The van der Waals surface area contributed by atoms with Gasteiger partial charge in [-0.2, -0.15) is 5.26 Å². The van der Waals surface area contributed by atoms with Gasteiger partial charge < -0.3 is 24.3 Å². The summed E-state index contributed by atoms with van der Waals surface area (Å²) >= 11 is 6.70. The molecule has 0 atom stereocenters. The number of nitrogens with zero attached hydrogens (tertiary/aromatic N) is 3. The van der Waals surface area contributed by atoms with E-state index in [-0.39, 0.29) is 13.2 Å². The Hall–Kier alpha value is -4.42. The fourth-order valence-corrected chi connectivity index (χ4v) is 4.71. The molecule has 8 nitrogen and oxygen atoms in total. The number of hydrogen-bond acceptors (Lipinski definition) is 8. The number of nitriles is 1. The van der Waals surface area contributed by atoms with Crippen molar-refractivity contribution < 1.29 is 19.0 Å². The molecule has 214 valence electrons. The van der Waals surface area contributed by atoms with Gasteiger partial charge >= 0.3 is 0 Å². The number of oxazole rings is 1. The van der Waals surface area contributed by atoms with E-state index in [2.05, 4.69) is 34.3 Å². The normalized spacial score (nSPS) is 11.4. The number of aliphatic hydroxyl groups excluding tert-OH is 1. The Morgan fingerprint density at radius 2 is 1.86 bits per heavy atom. The van der Waals surface area contributed by atoms with Crippen LogP contribution in [0.15, 0.2) is 77.8 Å². The zero-order valence-electron chi connectivity index (χ0n) is 23.6. The minimum atomic E-state index is -0.495. The molecule has 2 heterocycles. The van der Waals surface area contributed by atoms with E-state index >= 15 is 0 Å². The summed E-state index contributed by atoms with van der Waals surface area (Å²) in [7, 11) is 0. The number of aromatic nitrogens is 2. The molecule has 3 aromatic carbocycles. The van der Waals surface area contributed by atoms with E-state index < -0.39 is 5.54 Å². The molecule has 42 heavy (non-hydrogen) atoms. The fraction of sp³-hybridized carbons (Fsp3) is 0.242. The van der Waals surface area contributed by atoms with Gasteiger partial charge in [-0.3, -0.25) is 4.98 Å². The fourth-order valence-electron chi connectivity index (χ4n) is 4.47. The second-order valence-electron chi connectivity index (χ2n) is 10.7. The maximum absolute atomic E-state index is 9.69. The SMILES string of the molecule is Cc1c(COc2cc(OCc3cncc(C#N)c3)c(CNC(C)(C)CO)cc2Cl)cccc1-c1ccc2ocnc2c1. The molecule has 9 heteroatoms. The van der Waals surface area contributed by atoms with Crippen LogP contribution in [0.2, 0.25) is 5.02 Å². The molecule has 0 saturated carbocycles. The molecule has 2 aromatic heterocycles. The van der Waals surface area contributed by atoms with Gasteiger partial charge in [0.1, 0.15) is 36.3 Å². The van der Waals surface area contributed by atoms with Crippen molar-refractivity contribution in [3.63, 3.8) is 0 Å². The summed E-state index contributed by atoms with van der Waals surface area (Å²) in [5, 5.41) is 22.7. The summed E-state index contributed by atoms with van der Waals surface area (Å²) < 4.78 is 17.8. The number of pyridine rings is 1. The average molecular weight is 583 g/mol. The molecule has 2 N–H and O–H groups in total. The number of rotatable bonds is 11. The van der Waals surface area contributed by atoms with Gasteiger partial charge in [-0.15, -0.1) is 0 Å². The quantitative estimate of drug-likeness (QED) is 0.176. The Morgan fingerprint density at radius 1 is 1.02 bits per heavy atom. The molecule has 0 radical (unpaired) electrons. The van der Waals surface area contributed by atoms with Gasteiger partial charge in [0.2, 0.25) is 0 Å². The molecular formula is C33H31ClN4O4. The largest absolute Gasteiger partial charge is 0.488 e. The van der Waals surface area contributed by atoms with Crippen molar-refractivity contribution in [2.24, 2.45) is 0 Å². The average Bonchev–Trinajstić information content (AvgIpc) is 3.48. The summed E-state index contributed by atoms with van der Waals surface area (Å²) in [4.78, 5) is 8.40. The van der Waals surface area contributed by atoms with E-state index in [1.54, 1.807) is 18.3 Å². The van der Waals surface area contributed by atoms with Crippen LogP contribution in [0.5, 0.6) is 11.5 Å². The molecule has 0 amide bonds. The van der Waals surface area contributed by atoms with Crippen molar-refractivity contribution >= 4 is 22.7 Å². The van der Waals surface area contributed by atoms with Crippen molar-refractivity contribution in [1.29, 1.82) is 5.26 Å². The molecular weight excluding hydrogens is 552 g/mol. The lowest BCUT2D eigenvalue weighted by atomic mass is 9.96. The summed E-state index contributed by atoms with van der Waals surface area (Å²) in [6, 6.07) is 19.5. The van der Waals surface area contributed by atoms with Crippen LogP contribution in [0.1, 0.15) is 41.7 Å². The van der Waals surface area contributed by atoms with Gasteiger partial charge in [0.25, 0.3) is 0 Å². The maximum atomic E-state index is 9.69. The van der Waals surface area contributed by atoms with Crippen LogP contribution < -0.4 is 14.8 Å². The molecule has 0 saturated heterocycles. The third-order valence-corrected chi connectivity index (χ3v) is 7.35. The van der Waals surface area contributed by atoms with Gasteiger partial charge in [-0.25, -0.2) is 4.98 Å².